The minimum atomic E-state index is 1.10. The SMILES string of the molecule is c1ccc(-c2ccc(-c3ccccc3N(c3ccc(-c4ccc5sc6ccccc6c5c4)cc3)c3ccc(-c4ccc5sc6ccccc6c5c4)cc3)cc2)cc1. The Morgan fingerprint density at radius 1 is 0.263 bits per heavy atom. The maximum absolute atomic E-state index is 2.40. The Balaban J connectivity index is 1.00. The van der Waals surface area contributed by atoms with Crippen molar-refractivity contribution < 1.29 is 0 Å². The van der Waals surface area contributed by atoms with Gasteiger partial charge in [0.15, 0.2) is 0 Å². The van der Waals surface area contributed by atoms with Gasteiger partial charge in [0.25, 0.3) is 0 Å². The molecule has 9 aromatic carbocycles. The lowest BCUT2D eigenvalue weighted by Crippen LogP contribution is -2.11. The van der Waals surface area contributed by atoms with Crippen LogP contribution in [0, 0.1) is 0 Å². The summed E-state index contributed by atoms with van der Waals surface area (Å²) >= 11 is 3.72. The molecule has 0 spiro atoms. The average molecular weight is 762 g/mol. The van der Waals surface area contributed by atoms with Crippen molar-refractivity contribution in [2.75, 3.05) is 4.90 Å². The van der Waals surface area contributed by atoms with E-state index in [-0.39, 0.29) is 0 Å². The Labute approximate surface area is 340 Å². The first-order chi connectivity index (χ1) is 28.2. The first-order valence-corrected chi connectivity index (χ1v) is 21.0. The maximum Gasteiger partial charge on any atom is 0.0540 e. The van der Waals surface area contributed by atoms with Crippen LogP contribution in [0.2, 0.25) is 0 Å². The van der Waals surface area contributed by atoms with Crippen molar-refractivity contribution in [1.29, 1.82) is 0 Å². The number of rotatable bonds is 7. The van der Waals surface area contributed by atoms with Crippen LogP contribution in [0.3, 0.4) is 0 Å². The van der Waals surface area contributed by atoms with Crippen molar-refractivity contribution in [3.8, 4) is 44.5 Å². The maximum atomic E-state index is 2.40. The van der Waals surface area contributed by atoms with Crippen LogP contribution in [0.5, 0.6) is 0 Å². The third kappa shape index (κ3) is 6.09. The van der Waals surface area contributed by atoms with Gasteiger partial charge in [0.05, 0.1) is 5.69 Å². The van der Waals surface area contributed by atoms with Gasteiger partial charge in [-0.2, -0.15) is 0 Å². The summed E-state index contributed by atoms with van der Waals surface area (Å²) in [6.45, 7) is 0. The summed E-state index contributed by atoms with van der Waals surface area (Å²) in [5.74, 6) is 0. The third-order valence-electron chi connectivity index (χ3n) is 11.1. The monoisotopic (exact) mass is 761 g/mol. The highest BCUT2D eigenvalue weighted by atomic mass is 32.1. The van der Waals surface area contributed by atoms with Gasteiger partial charge in [0.2, 0.25) is 0 Å². The second-order valence-electron chi connectivity index (χ2n) is 14.5. The summed E-state index contributed by atoms with van der Waals surface area (Å²) in [5.41, 5.74) is 13.0. The number of benzene rings is 9. The Hall–Kier alpha value is -6.78. The zero-order valence-corrected chi connectivity index (χ0v) is 32.6. The van der Waals surface area contributed by atoms with E-state index in [1.165, 1.54) is 84.9 Å². The molecule has 0 aliphatic rings. The van der Waals surface area contributed by atoms with E-state index in [0.717, 1.165) is 17.1 Å². The molecular formula is C54H35NS2. The molecule has 2 heterocycles. The van der Waals surface area contributed by atoms with Crippen molar-refractivity contribution >= 4 is 80.1 Å². The smallest absolute Gasteiger partial charge is 0.0540 e. The van der Waals surface area contributed by atoms with Crippen LogP contribution in [0.1, 0.15) is 0 Å². The molecule has 0 unspecified atom stereocenters. The highest BCUT2D eigenvalue weighted by Crippen LogP contribution is 2.43. The first kappa shape index (κ1) is 33.5. The molecule has 3 heteroatoms. The second kappa shape index (κ2) is 14.1. The molecule has 0 aliphatic carbocycles. The summed E-state index contributed by atoms with van der Waals surface area (Å²) in [7, 11) is 0. The molecule has 1 nitrogen and oxygen atoms in total. The number of thiophene rings is 2. The quantitative estimate of drug-likeness (QED) is 0.156. The van der Waals surface area contributed by atoms with Gasteiger partial charge in [-0.3, -0.25) is 0 Å². The zero-order valence-electron chi connectivity index (χ0n) is 31.0. The van der Waals surface area contributed by atoms with Gasteiger partial charge in [0.1, 0.15) is 0 Å². The fourth-order valence-electron chi connectivity index (χ4n) is 8.23. The summed E-state index contributed by atoms with van der Waals surface area (Å²) in [6, 6.07) is 77.7. The van der Waals surface area contributed by atoms with Crippen LogP contribution in [-0.2, 0) is 0 Å². The minimum Gasteiger partial charge on any atom is -0.310 e. The molecule has 0 atom stereocenters. The molecule has 2 aromatic heterocycles. The summed E-state index contributed by atoms with van der Waals surface area (Å²) < 4.78 is 5.30. The summed E-state index contributed by atoms with van der Waals surface area (Å²) in [4.78, 5) is 2.40. The molecule has 0 saturated carbocycles. The lowest BCUT2D eigenvalue weighted by atomic mass is 9.97. The Morgan fingerprint density at radius 2 is 0.649 bits per heavy atom. The fourth-order valence-corrected chi connectivity index (χ4v) is 10.4. The number of nitrogens with zero attached hydrogens (tertiary/aromatic N) is 1. The largest absolute Gasteiger partial charge is 0.310 e. The van der Waals surface area contributed by atoms with Gasteiger partial charge >= 0.3 is 0 Å². The zero-order chi connectivity index (χ0) is 37.7. The van der Waals surface area contributed by atoms with Gasteiger partial charge in [-0.15, -0.1) is 22.7 Å². The van der Waals surface area contributed by atoms with E-state index in [1.807, 2.05) is 22.7 Å². The number of fused-ring (bicyclic) bond motifs is 6. The lowest BCUT2D eigenvalue weighted by Gasteiger charge is -2.28. The molecule has 0 aliphatic heterocycles. The van der Waals surface area contributed by atoms with E-state index < -0.39 is 0 Å². The average Bonchev–Trinajstić information content (AvgIpc) is 3.85. The van der Waals surface area contributed by atoms with Crippen molar-refractivity contribution in [2.24, 2.45) is 0 Å². The van der Waals surface area contributed by atoms with Crippen LogP contribution in [0.4, 0.5) is 17.1 Å². The first-order valence-electron chi connectivity index (χ1n) is 19.3. The normalized spacial score (nSPS) is 11.5. The van der Waals surface area contributed by atoms with Crippen LogP contribution in [-0.4, -0.2) is 0 Å². The van der Waals surface area contributed by atoms with E-state index in [1.54, 1.807) is 0 Å². The van der Waals surface area contributed by atoms with E-state index in [0.29, 0.717) is 0 Å². The van der Waals surface area contributed by atoms with Crippen molar-refractivity contribution in [2.45, 2.75) is 0 Å². The van der Waals surface area contributed by atoms with Gasteiger partial charge in [-0.05, 0) is 106 Å². The highest BCUT2D eigenvalue weighted by molar-refractivity contribution is 7.26. The van der Waals surface area contributed by atoms with Crippen molar-refractivity contribution in [3.63, 3.8) is 0 Å². The minimum absolute atomic E-state index is 1.10. The molecule has 11 rings (SSSR count). The lowest BCUT2D eigenvalue weighted by molar-refractivity contribution is 1.28. The number of para-hydroxylation sites is 1. The molecule has 0 bridgehead atoms. The van der Waals surface area contributed by atoms with Crippen LogP contribution in [0.15, 0.2) is 212 Å². The van der Waals surface area contributed by atoms with Crippen LogP contribution in [0.25, 0.3) is 84.9 Å². The van der Waals surface area contributed by atoms with E-state index in [4.69, 9.17) is 0 Å². The molecule has 0 saturated heterocycles. The number of hydrogen-bond donors (Lipinski definition) is 0. The standard InChI is InChI=1S/C54H35NS2/c1-2-10-36(11-3-1)37-18-20-40(21-19-37)45-12-4-7-15-50(45)55(43-28-22-38(23-29-43)41-26-32-53-48(34-41)46-13-5-8-16-51(46)56-53)44-30-24-39(25-31-44)42-27-33-54-49(35-42)47-14-6-9-17-52(47)57-54/h1-35H. The Morgan fingerprint density at radius 3 is 1.21 bits per heavy atom. The van der Waals surface area contributed by atoms with Crippen molar-refractivity contribution in [3.05, 3.63) is 212 Å². The molecule has 0 N–H and O–H groups in total. The number of hydrogen-bond acceptors (Lipinski definition) is 3. The molecule has 0 radical (unpaired) electrons. The highest BCUT2D eigenvalue weighted by Gasteiger charge is 2.18. The van der Waals surface area contributed by atoms with Gasteiger partial charge < -0.3 is 4.90 Å². The molecule has 268 valence electrons. The molecule has 11 aromatic rings. The van der Waals surface area contributed by atoms with Crippen LogP contribution < -0.4 is 4.90 Å². The van der Waals surface area contributed by atoms with E-state index >= 15 is 0 Å². The third-order valence-corrected chi connectivity index (χ3v) is 13.4. The number of anilines is 3. The Kier molecular flexibility index (Phi) is 8.28. The van der Waals surface area contributed by atoms with Crippen LogP contribution >= 0.6 is 22.7 Å². The van der Waals surface area contributed by atoms with Crippen molar-refractivity contribution in [1.82, 2.24) is 0 Å². The predicted octanol–water partition coefficient (Wildman–Crippen LogP) is 16.6. The topological polar surface area (TPSA) is 3.24 Å². The van der Waals surface area contributed by atoms with Gasteiger partial charge in [-0.1, -0.05) is 146 Å². The van der Waals surface area contributed by atoms with Gasteiger partial charge in [-0.25, -0.2) is 0 Å². The Bertz CT molecular complexity index is 3050. The second-order valence-corrected chi connectivity index (χ2v) is 16.7. The predicted molar refractivity (Wildman–Crippen MR) is 249 cm³/mol. The molecule has 0 amide bonds. The molecular weight excluding hydrogens is 727 g/mol. The molecule has 0 fully saturated rings. The fraction of sp³-hybridized carbons (Fsp3) is 0. The van der Waals surface area contributed by atoms with E-state index in [9.17, 15) is 0 Å². The summed E-state index contributed by atoms with van der Waals surface area (Å²) in [5, 5.41) is 5.28. The summed E-state index contributed by atoms with van der Waals surface area (Å²) in [6.07, 6.45) is 0. The van der Waals surface area contributed by atoms with Gasteiger partial charge in [0, 0.05) is 57.3 Å². The van der Waals surface area contributed by atoms with E-state index in [2.05, 4.69) is 217 Å². The molecule has 57 heavy (non-hydrogen) atoms.